The first-order chi connectivity index (χ1) is 10.3. The second-order valence-electron chi connectivity index (χ2n) is 3.86. The van der Waals surface area contributed by atoms with Crippen LogP contribution in [0.1, 0.15) is 13.8 Å². The molecule has 6 heteroatoms. The molecule has 2 rings (SSSR count). The summed E-state index contributed by atoms with van der Waals surface area (Å²) in [6.45, 7) is 2.17. The zero-order chi connectivity index (χ0) is 17.4. The minimum absolute atomic E-state index is 0.822. The van der Waals surface area contributed by atoms with Gasteiger partial charge >= 0.3 is 0 Å². The third-order valence-corrected chi connectivity index (χ3v) is 1.60. The van der Waals surface area contributed by atoms with Crippen LogP contribution in [-0.4, -0.2) is 22.2 Å². The van der Waals surface area contributed by atoms with Crippen LogP contribution >= 0.6 is 0 Å². The van der Waals surface area contributed by atoms with Crippen molar-refractivity contribution in [1.29, 1.82) is 0 Å². The molecule has 120 valence electrons. The predicted molar refractivity (Wildman–Crippen MR) is 88.3 cm³/mol. The van der Waals surface area contributed by atoms with Crippen LogP contribution in [0.5, 0.6) is 0 Å². The van der Waals surface area contributed by atoms with E-state index in [1.165, 1.54) is 0 Å². The fourth-order valence-electron chi connectivity index (χ4n) is 0.906. The molecule has 0 heterocycles. The zero-order valence-electron chi connectivity index (χ0n) is 12.6. The second kappa shape index (κ2) is 14.4. The molecule has 0 radical (unpaired) electrons. The smallest absolute Gasteiger partial charge is 0.300 e. The average molecular weight is 306 g/mol. The maximum Gasteiger partial charge on any atom is 0.300 e. The number of benzene rings is 2. The number of carboxylic acid groups (broad SMARTS) is 2. The molecule has 2 aromatic carbocycles. The molecule has 0 aromatic heterocycles. The van der Waals surface area contributed by atoms with Gasteiger partial charge in [-0.25, -0.2) is 0 Å². The van der Waals surface area contributed by atoms with Gasteiger partial charge in [-0.05, 0) is 24.3 Å². The van der Waals surface area contributed by atoms with E-state index in [1.807, 2.05) is 60.7 Å². The number of hydrogen-bond acceptors (Lipinski definition) is 4. The van der Waals surface area contributed by atoms with Gasteiger partial charge in [0.1, 0.15) is 0 Å². The predicted octanol–water partition coefficient (Wildman–Crippen LogP) is 2.72. The summed E-state index contributed by atoms with van der Waals surface area (Å²) in [6, 6.07) is 19.0. The molecule has 0 spiro atoms. The van der Waals surface area contributed by atoms with Crippen molar-refractivity contribution in [1.82, 2.24) is 0 Å². The average Bonchev–Trinajstić information content (AvgIpc) is 2.40. The number of nitrogens with two attached hydrogens (primary N) is 2. The number of carbonyl (C=O) groups is 2. The molecule has 0 aliphatic carbocycles. The summed E-state index contributed by atoms with van der Waals surface area (Å²) in [5, 5.41) is 14.8. The topological polar surface area (TPSA) is 127 Å². The summed E-state index contributed by atoms with van der Waals surface area (Å²) in [6.07, 6.45) is 0. The van der Waals surface area contributed by atoms with Crippen molar-refractivity contribution in [3.8, 4) is 0 Å². The van der Waals surface area contributed by atoms with Crippen molar-refractivity contribution in [3.05, 3.63) is 60.7 Å². The maximum absolute atomic E-state index is 9.00. The van der Waals surface area contributed by atoms with Gasteiger partial charge in [0.05, 0.1) is 0 Å². The van der Waals surface area contributed by atoms with Crippen LogP contribution in [0.2, 0.25) is 0 Å². The molecule has 6 N–H and O–H groups in total. The fourth-order valence-corrected chi connectivity index (χ4v) is 0.906. The van der Waals surface area contributed by atoms with Crippen LogP contribution in [0.25, 0.3) is 0 Å². The largest absolute Gasteiger partial charge is 0.481 e. The molecule has 6 nitrogen and oxygen atoms in total. The number of anilines is 2. The highest BCUT2D eigenvalue weighted by atomic mass is 16.4. The molecule has 0 atom stereocenters. The SMILES string of the molecule is CC(=O)O.CC(=O)O.Nc1ccccc1.Nc1ccccc1. The van der Waals surface area contributed by atoms with Crippen LogP contribution in [0.4, 0.5) is 11.4 Å². The summed E-state index contributed by atoms with van der Waals surface area (Å²) in [5.74, 6) is -1.67. The maximum atomic E-state index is 9.00. The summed E-state index contributed by atoms with van der Waals surface area (Å²) in [4.78, 5) is 18.0. The number of carboxylic acids is 2. The number of rotatable bonds is 0. The van der Waals surface area contributed by atoms with E-state index < -0.39 is 11.9 Å². The normalized spacial score (nSPS) is 7.73. The number of para-hydroxylation sites is 2. The summed E-state index contributed by atoms with van der Waals surface area (Å²) in [7, 11) is 0. The van der Waals surface area contributed by atoms with E-state index in [0.29, 0.717) is 0 Å². The van der Waals surface area contributed by atoms with Gasteiger partial charge < -0.3 is 21.7 Å². The lowest BCUT2D eigenvalue weighted by Crippen LogP contribution is -1.79. The zero-order valence-corrected chi connectivity index (χ0v) is 12.6. The monoisotopic (exact) mass is 306 g/mol. The molecule has 0 saturated heterocycles. The fraction of sp³-hybridized carbons (Fsp3) is 0.125. The number of aliphatic carboxylic acids is 2. The lowest BCUT2D eigenvalue weighted by atomic mass is 10.3. The Morgan fingerprint density at radius 2 is 0.864 bits per heavy atom. The van der Waals surface area contributed by atoms with Crippen LogP contribution in [0, 0.1) is 0 Å². The molecule has 0 aliphatic heterocycles. The van der Waals surface area contributed by atoms with Gasteiger partial charge in [0.25, 0.3) is 11.9 Å². The Balaban J connectivity index is 0. The molecule has 0 saturated carbocycles. The van der Waals surface area contributed by atoms with E-state index in [1.54, 1.807) is 0 Å². The summed E-state index contributed by atoms with van der Waals surface area (Å²) < 4.78 is 0. The van der Waals surface area contributed by atoms with Gasteiger partial charge in [0.15, 0.2) is 0 Å². The lowest BCUT2D eigenvalue weighted by molar-refractivity contribution is -0.135. The van der Waals surface area contributed by atoms with Crippen LogP contribution < -0.4 is 11.5 Å². The highest BCUT2D eigenvalue weighted by Gasteiger charge is 1.73. The minimum atomic E-state index is -0.833. The first-order valence-electron chi connectivity index (χ1n) is 6.25. The molecule has 0 amide bonds. The molecule has 22 heavy (non-hydrogen) atoms. The minimum Gasteiger partial charge on any atom is -0.481 e. The van der Waals surface area contributed by atoms with Gasteiger partial charge in [-0.1, -0.05) is 36.4 Å². The molecular weight excluding hydrogens is 284 g/mol. The molecule has 0 fully saturated rings. The van der Waals surface area contributed by atoms with E-state index in [-0.39, 0.29) is 0 Å². The highest BCUT2D eigenvalue weighted by Crippen LogP contribution is 1.96. The molecule has 0 aliphatic rings. The van der Waals surface area contributed by atoms with Crippen molar-refractivity contribution in [3.63, 3.8) is 0 Å². The van der Waals surface area contributed by atoms with E-state index >= 15 is 0 Å². The van der Waals surface area contributed by atoms with Crippen molar-refractivity contribution in [2.75, 3.05) is 11.5 Å². The van der Waals surface area contributed by atoms with Crippen molar-refractivity contribution in [2.45, 2.75) is 13.8 Å². The van der Waals surface area contributed by atoms with Gasteiger partial charge in [-0.2, -0.15) is 0 Å². The van der Waals surface area contributed by atoms with E-state index in [0.717, 1.165) is 25.2 Å². The van der Waals surface area contributed by atoms with Crippen molar-refractivity contribution < 1.29 is 19.8 Å². The molecule has 0 unspecified atom stereocenters. The first kappa shape index (κ1) is 21.3. The first-order valence-corrected chi connectivity index (χ1v) is 6.25. The van der Waals surface area contributed by atoms with Gasteiger partial charge in [0.2, 0.25) is 0 Å². The van der Waals surface area contributed by atoms with Crippen molar-refractivity contribution in [2.24, 2.45) is 0 Å². The van der Waals surface area contributed by atoms with E-state index in [2.05, 4.69) is 0 Å². The van der Waals surface area contributed by atoms with E-state index in [9.17, 15) is 0 Å². The summed E-state index contributed by atoms with van der Waals surface area (Å²) in [5.41, 5.74) is 12.4. The third kappa shape index (κ3) is 25.7. The van der Waals surface area contributed by atoms with Crippen LogP contribution in [0.3, 0.4) is 0 Å². The standard InChI is InChI=1S/2C6H7N.2C2H4O2/c2*7-6-4-2-1-3-5-6;2*1-2(3)4/h2*1-5H,7H2;2*1H3,(H,3,4). The quantitative estimate of drug-likeness (QED) is 0.554. The Hall–Kier alpha value is -3.02. The molecular formula is C16H22N2O4. The molecule has 2 aromatic rings. The Labute approximate surface area is 130 Å². The van der Waals surface area contributed by atoms with Gasteiger partial charge in [0, 0.05) is 25.2 Å². The molecule has 0 bridgehead atoms. The summed E-state index contributed by atoms with van der Waals surface area (Å²) >= 11 is 0. The number of hydrogen-bond donors (Lipinski definition) is 4. The number of nitrogen functional groups attached to an aromatic ring is 2. The van der Waals surface area contributed by atoms with E-state index in [4.69, 9.17) is 31.3 Å². The lowest BCUT2D eigenvalue weighted by Gasteiger charge is -1.83. The Morgan fingerprint density at radius 1 is 0.682 bits per heavy atom. The Bertz CT molecular complexity index is 459. The van der Waals surface area contributed by atoms with Crippen molar-refractivity contribution >= 4 is 23.3 Å². The Kier molecular flexibility index (Phi) is 13.9. The highest BCUT2D eigenvalue weighted by molar-refractivity contribution is 5.63. The Morgan fingerprint density at radius 3 is 0.955 bits per heavy atom. The van der Waals surface area contributed by atoms with Gasteiger partial charge in [-0.3, -0.25) is 9.59 Å². The third-order valence-electron chi connectivity index (χ3n) is 1.60. The van der Waals surface area contributed by atoms with Gasteiger partial charge in [-0.15, -0.1) is 0 Å². The van der Waals surface area contributed by atoms with Crippen LogP contribution in [0.15, 0.2) is 60.7 Å². The van der Waals surface area contributed by atoms with Crippen LogP contribution in [-0.2, 0) is 9.59 Å². The second-order valence-corrected chi connectivity index (χ2v) is 3.86.